The first-order valence-electron chi connectivity index (χ1n) is 6.77. The third kappa shape index (κ3) is 2.37. The second-order valence-electron chi connectivity index (χ2n) is 5.48. The average molecular weight is 269 g/mol. The van der Waals surface area contributed by atoms with Crippen LogP contribution in [0.4, 0.5) is 5.69 Å². The minimum Gasteiger partial charge on any atom is -0.352 e. The van der Waals surface area contributed by atoms with E-state index in [0.29, 0.717) is 24.1 Å². The van der Waals surface area contributed by atoms with Crippen LogP contribution in [0.5, 0.6) is 0 Å². The molecule has 102 valence electrons. The molecule has 5 heteroatoms. The van der Waals surface area contributed by atoms with Crippen molar-refractivity contribution in [3.05, 3.63) is 29.8 Å². The molecule has 0 unspecified atom stereocenters. The summed E-state index contributed by atoms with van der Waals surface area (Å²) in [5.41, 5.74) is 0.139. The summed E-state index contributed by atoms with van der Waals surface area (Å²) in [6.45, 7) is 0. The Morgan fingerprint density at radius 1 is 1.25 bits per heavy atom. The summed E-state index contributed by atoms with van der Waals surface area (Å²) in [6, 6.07) is 8.98. The minimum absolute atomic E-state index is 0.158. The summed E-state index contributed by atoms with van der Waals surface area (Å²) in [7, 11) is 0. The number of carbonyl (C=O) groups excluding carboxylic acids is 2. The lowest BCUT2D eigenvalue weighted by Gasteiger charge is -2.15. The first-order valence-corrected chi connectivity index (χ1v) is 6.77. The molecule has 2 N–H and O–H groups in total. The van der Waals surface area contributed by atoms with Crippen molar-refractivity contribution >= 4 is 17.5 Å². The topological polar surface area (TPSA) is 82.0 Å². The number of nitriles is 1. The van der Waals surface area contributed by atoms with Crippen LogP contribution in [0.1, 0.15) is 31.2 Å². The molecule has 2 saturated carbocycles. The molecule has 0 atom stereocenters. The first kappa shape index (κ1) is 12.7. The number of anilines is 1. The van der Waals surface area contributed by atoms with Gasteiger partial charge in [-0.15, -0.1) is 0 Å². The first-order chi connectivity index (χ1) is 9.64. The van der Waals surface area contributed by atoms with Crippen molar-refractivity contribution < 1.29 is 9.59 Å². The molecule has 0 bridgehead atoms. The Morgan fingerprint density at radius 3 is 2.60 bits per heavy atom. The number of amides is 2. The van der Waals surface area contributed by atoms with Crippen molar-refractivity contribution in [2.24, 2.45) is 5.41 Å². The molecule has 0 spiro atoms. The van der Waals surface area contributed by atoms with Gasteiger partial charge in [-0.05, 0) is 43.9 Å². The van der Waals surface area contributed by atoms with Gasteiger partial charge in [-0.3, -0.25) is 9.59 Å². The number of hydrogen-bond acceptors (Lipinski definition) is 3. The van der Waals surface area contributed by atoms with Gasteiger partial charge in [-0.25, -0.2) is 0 Å². The maximum atomic E-state index is 12.3. The number of benzene rings is 1. The van der Waals surface area contributed by atoms with Crippen molar-refractivity contribution in [3.8, 4) is 6.07 Å². The average Bonchev–Trinajstić information content (AvgIpc) is 3.32. The van der Waals surface area contributed by atoms with E-state index in [1.165, 1.54) is 0 Å². The van der Waals surface area contributed by atoms with Gasteiger partial charge >= 0.3 is 0 Å². The highest BCUT2D eigenvalue weighted by atomic mass is 16.2. The fourth-order valence-corrected chi connectivity index (χ4v) is 2.15. The summed E-state index contributed by atoms with van der Waals surface area (Å²) in [6.07, 6.45) is 3.20. The van der Waals surface area contributed by atoms with E-state index in [0.717, 1.165) is 12.8 Å². The molecule has 3 rings (SSSR count). The summed E-state index contributed by atoms with van der Waals surface area (Å²) in [5.74, 6) is -0.431. The molecule has 2 aliphatic rings. The Morgan fingerprint density at radius 2 is 2.00 bits per heavy atom. The molecular formula is C15H15N3O2. The van der Waals surface area contributed by atoms with E-state index in [1.54, 1.807) is 24.3 Å². The highest BCUT2D eigenvalue weighted by Crippen LogP contribution is 2.47. The van der Waals surface area contributed by atoms with Gasteiger partial charge in [0.15, 0.2) is 0 Å². The molecule has 0 radical (unpaired) electrons. The zero-order valence-electron chi connectivity index (χ0n) is 11.0. The van der Waals surface area contributed by atoms with E-state index < -0.39 is 5.41 Å². The lowest BCUT2D eigenvalue weighted by Crippen LogP contribution is -2.40. The summed E-state index contributed by atoms with van der Waals surface area (Å²) < 4.78 is 0. The Bertz CT molecular complexity index is 610. The largest absolute Gasteiger partial charge is 0.352 e. The van der Waals surface area contributed by atoms with Crippen LogP contribution in [0.2, 0.25) is 0 Å². The second-order valence-corrected chi connectivity index (χ2v) is 5.48. The summed E-state index contributed by atoms with van der Waals surface area (Å²) in [5, 5.41) is 14.5. The summed E-state index contributed by atoms with van der Waals surface area (Å²) in [4.78, 5) is 24.4. The maximum Gasteiger partial charge on any atom is 0.240 e. The SMILES string of the molecule is N#Cc1cccc(NC(=O)C2(C(=O)NC3CC3)CC2)c1. The Labute approximate surface area is 117 Å². The number of rotatable bonds is 4. The van der Waals surface area contributed by atoms with E-state index in [9.17, 15) is 9.59 Å². The third-order valence-corrected chi connectivity index (χ3v) is 3.78. The Balaban J connectivity index is 1.69. The number of nitrogens with zero attached hydrogens (tertiary/aromatic N) is 1. The smallest absolute Gasteiger partial charge is 0.240 e. The van der Waals surface area contributed by atoms with E-state index >= 15 is 0 Å². The molecule has 0 heterocycles. The number of carbonyl (C=O) groups is 2. The van der Waals surface area contributed by atoms with Gasteiger partial charge in [0.05, 0.1) is 11.6 Å². The van der Waals surface area contributed by atoms with E-state index in [-0.39, 0.29) is 17.9 Å². The molecule has 2 amide bonds. The molecule has 5 nitrogen and oxygen atoms in total. The quantitative estimate of drug-likeness (QED) is 0.814. The van der Waals surface area contributed by atoms with Gasteiger partial charge in [0.1, 0.15) is 5.41 Å². The normalized spacial score (nSPS) is 18.8. The van der Waals surface area contributed by atoms with Crippen LogP contribution in [0.25, 0.3) is 0 Å². The van der Waals surface area contributed by atoms with Gasteiger partial charge in [0.2, 0.25) is 11.8 Å². The van der Waals surface area contributed by atoms with Crippen LogP contribution in [-0.4, -0.2) is 17.9 Å². The Hall–Kier alpha value is -2.35. The fraction of sp³-hybridized carbons (Fsp3) is 0.400. The van der Waals surface area contributed by atoms with Crippen LogP contribution < -0.4 is 10.6 Å². The molecule has 2 aliphatic carbocycles. The molecule has 0 aliphatic heterocycles. The van der Waals surface area contributed by atoms with Crippen molar-refractivity contribution in [3.63, 3.8) is 0 Å². The number of nitrogens with one attached hydrogen (secondary N) is 2. The lowest BCUT2D eigenvalue weighted by molar-refractivity contribution is -0.134. The Kier molecular flexibility index (Phi) is 2.94. The highest BCUT2D eigenvalue weighted by Gasteiger charge is 2.57. The minimum atomic E-state index is -0.898. The predicted octanol–water partition coefficient (Wildman–Crippen LogP) is 1.56. The van der Waals surface area contributed by atoms with Crippen molar-refractivity contribution in [2.45, 2.75) is 31.7 Å². The van der Waals surface area contributed by atoms with Crippen molar-refractivity contribution in [2.75, 3.05) is 5.32 Å². The van der Waals surface area contributed by atoms with E-state index in [2.05, 4.69) is 10.6 Å². The molecule has 1 aromatic carbocycles. The molecule has 20 heavy (non-hydrogen) atoms. The molecule has 1 aromatic rings. The van der Waals surface area contributed by atoms with Crippen molar-refractivity contribution in [1.29, 1.82) is 5.26 Å². The van der Waals surface area contributed by atoms with Crippen LogP contribution in [0, 0.1) is 16.7 Å². The highest BCUT2D eigenvalue weighted by molar-refractivity contribution is 6.13. The van der Waals surface area contributed by atoms with Gasteiger partial charge in [0, 0.05) is 11.7 Å². The third-order valence-electron chi connectivity index (χ3n) is 3.78. The van der Waals surface area contributed by atoms with Crippen LogP contribution >= 0.6 is 0 Å². The zero-order chi connectivity index (χ0) is 14.2. The fourth-order valence-electron chi connectivity index (χ4n) is 2.15. The maximum absolute atomic E-state index is 12.3. The van der Waals surface area contributed by atoms with Gasteiger partial charge < -0.3 is 10.6 Å². The van der Waals surface area contributed by atoms with Gasteiger partial charge in [-0.1, -0.05) is 6.07 Å². The van der Waals surface area contributed by atoms with Crippen molar-refractivity contribution in [1.82, 2.24) is 5.32 Å². The number of hydrogen-bond donors (Lipinski definition) is 2. The van der Waals surface area contributed by atoms with Crippen LogP contribution in [0.3, 0.4) is 0 Å². The molecule has 2 fully saturated rings. The molecule has 0 saturated heterocycles. The van der Waals surface area contributed by atoms with Crippen LogP contribution in [0.15, 0.2) is 24.3 Å². The molecule has 0 aromatic heterocycles. The summed E-state index contributed by atoms with van der Waals surface area (Å²) >= 11 is 0. The monoisotopic (exact) mass is 269 g/mol. The van der Waals surface area contributed by atoms with Gasteiger partial charge in [-0.2, -0.15) is 5.26 Å². The van der Waals surface area contributed by atoms with Crippen LogP contribution in [-0.2, 0) is 9.59 Å². The van der Waals surface area contributed by atoms with Gasteiger partial charge in [0.25, 0.3) is 0 Å². The molecular weight excluding hydrogens is 254 g/mol. The van der Waals surface area contributed by atoms with E-state index in [4.69, 9.17) is 5.26 Å². The predicted molar refractivity (Wildman–Crippen MR) is 72.6 cm³/mol. The lowest BCUT2D eigenvalue weighted by atomic mass is 10.0. The van der Waals surface area contributed by atoms with E-state index in [1.807, 2.05) is 6.07 Å². The zero-order valence-corrected chi connectivity index (χ0v) is 11.0. The second kappa shape index (κ2) is 4.64. The standard InChI is InChI=1S/C15H15N3O2/c16-9-10-2-1-3-12(8-10)18-14(20)15(6-7-15)13(19)17-11-4-5-11/h1-3,8,11H,4-7H2,(H,17,19)(H,18,20).